The number of amides is 1. The first-order chi connectivity index (χ1) is 18.4. The maximum absolute atomic E-state index is 13.8. The Morgan fingerprint density at radius 2 is 1.49 bits per heavy atom. The Kier molecular flexibility index (Phi) is 9.13. The lowest BCUT2D eigenvalue weighted by Gasteiger charge is -2.19. The van der Waals surface area contributed by atoms with Crippen LogP contribution in [0.1, 0.15) is 53.5 Å². The summed E-state index contributed by atoms with van der Waals surface area (Å²) in [5.74, 6) is -3.10. The summed E-state index contributed by atoms with van der Waals surface area (Å²) >= 11 is 0. The summed E-state index contributed by atoms with van der Waals surface area (Å²) in [6.45, 7) is 7.53. The molecule has 1 N–H and O–H groups in total. The maximum atomic E-state index is 13.8. The van der Waals surface area contributed by atoms with Gasteiger partial charge in [-0.3, -0.25) is 9.59 Å². The van der Waals surface area contributed by atoms with E-state index in [4.69, 9.17) is 14.2 Å². The highest BCUT2D eigenvalue weighted by Crippen LogP contribution is 2.33. The van der Waals surface area contributed by atoms with Gasteiger partial charge in [0.15, 0.2) is 11.4 Å². The lowest BCUT2D eigenvalue weighted by molar-refractivity contribution is -0.141. The number of carbonyl (C=O) groups is 3. The zero-order valence-corrected chi connectivity index (χ0v) is 22.3. The zero-order valence-electron chi connectivity index (χ0n) is 22.3. The van der Waals surface area contributed by atoms with Crippen LogP contribution < -0.4 is 14.8 Å². The molecule has 0 radical (unpaired) electrons. The minimum absolute atomic E-state index is 0.105. The van der Waals surface area contributed by atoms with Crippen molar-refractivity contribution in [2.24, 2.45) is 0 Å². The highest BCUT2D eigenvalue weighted by atomic mass is 19.1. The smallest absolute Gasteiger partial charge is 0.333 e. The number of aryl methyl sites for hydroxylation is 2. The molecule has 0 saturated carbocycles. The summed E-state index contributed by atoms with van der Waals surface area (Å²) in [4.78, 5) is 41.5. The van der Waals surface area contributed by atoms with Gasteiger partial charge in [0, 0.05) is 24.8 Å². The van der Waals surface area contributed by atoms with Crippen LogP contribution >= 0.6 is 0 Å². The number of halogens is 2. The van der Waals surface area contributed by atoms with Gasteiger partial charge in [0.05, 0.1) is 7.11 Å². The highest BCUT2D eigenvalue weighted by molar-refractivity contribution is 5.99. The molecular formula is C29H28F2N2O6. The third-order valence-corrected chi connectivity index (χ3v) is 5.77. The molecule has 0 fully saturated rings. The lowest BCUT2D eigenvalue weighted by Crippen LogP contribution is -2.40. The van der Waals surface area contributed by atoms with Crippen LogP contribution in [-0.4, -0.2) is 36.0 Å². The van der Waals surface area contributed by atoms with E-state index in [0.29, 0.717) is 27.8 Å². The number of nitrogens with one attached hydrogen (secondary N) is 1. The maximum Gasteiger partial charge on any atom is 0.333 e. The van der Waals surface area contributed by atoms with Gasteiger partial charge in [-0.2, -0.15) is 0 Å². The Labute approximate surface area is 224 Å². The fraction of sp³-hybridized carbons (Fsp3) is 0.241. The van der Waals surface area contributed by atoms with Gasteiger partial charge in [0.25, 0.3) is 5.91 Å². The predicted octanol–water partition coefficient (Wildman–Crippen LogP) is 5.05. The fourth-order valence-electron chi connectivity index (χ4n) is 3.95. The third-order valence-electron chi connectivity index (χ3n) is 5.77. The second kappa shape index (κ2) is 12.3. The van der Waals surface area contributed by atoms with E-state index in [1.165, 1.54) is 50.6 Å². The van der Waals surface area contributed by atoms with E-state index in [-0.39, 0.29) is 23.0 Å². The first-order valence-corrected chi connectivity index (χ1v) is 11.9. The third kappa shape index (κ3) is 6.84. The van der Waals surface area contributed by atoms with Gasteiger partial charge in [-0.15, -0.1) is 0 Å². The summed E-state index contributed by atoms with van der Waals surface area (Å²) in [6.07, 6.45) is 1.29. The summed E-state index contributed by atoms with van der Waals surface area (Å²) in [5.41, 5.74) is 2.52. The summed E-state index contributed by atoms with van der Waals surface area (Å²) in [7, 11) is 1.34. The molecule has 0 saturated heterocycles. The second-order valence-electron chi connectivity index (χ2n) is 8.75. The second-order valence-corrected chi connectivity index (χ2v) is 8.75. The van der Waals surface area contributed by atoms with E-state index >= 15 is 0 Å². The van der Waals surface area contributed by atoms with Gasteiger partial charge in [-0.25, -0.2) is 18.6 Å². The zero-order chi connectivity index (χ0) is 28.9. The Hall–Kier alpha value is -4.60. The van der Waals surface area contributed by atoms with Crippen molar-refractivity contribution >= 4 is 23.4 Å². The number of hydrogen-bond donors (Lipinski definition) is 1. The van der Waals surface area contributed by atoms with Crippen molar-refractivity contribution in [3.05, 3.63) is 94.0 Å². The molecule has 1 aromatic heterocycles. The molecule has 1 atom stereocenters. The molecule has 1 amide bonds. The topological polar surface area (TPSA) is 104 Å². The van der Waals surface area contributed by atoms with E-state index in [0.717, 1.165) is 6.92 Å². The van der Waals surface area contributed by atoms with Gasteiger partial charge in [-0.1, -0.05) is 12.1 Å². The summed E-state index contributed by atoms with van der Waals surface area (Å²) in [5, 5.41) is 2.48. The van der Waals surface area contributed by atoms with Gasteiger partial charge >= 0.3 is 11.9 Å². The Morgan fingerprint density at radius 1 is 0.923 bits per heavy atom. The van der Waals surface area contributed by atoms with Crippen molar-refractivity contribution in [3.63, 3.8) is 0 Å². The molecule has 204 valence electrons. The van der Waals surface area contributed by atoms with Crippen molar-refractivity contribution in [1.29, 1.82) is 0 Å². The minimum atomic E-state index is -1.16. The standard InChI is InChI=1S/C29H28F2N2O6/c1-15-13-20(30)7-9-22(15)25(23-10-8-21(31)14-16(23)2)18(4)38-29(36)17(3)33-28(35)26-27(39-19(5)34)24(37-6)11-12-32-26/h7-14,17H,1-6H3,(H,33,35)/t17-/m0/s1. The molecule has 10 heteroatoms. The number of carbonyl (C=O) groups excluding carboxylic acids is 3. The van der Waals surface area contributed by atoms with E-state index < -0.39 is 35.5 Å². The SMILES string of the molecule is COc1ccnc(C(=O)N[C@@H](C)C(=O)OC(C)=C(c2ccc(F)cc2C)c2ccc(F)cc2C)c1OC(C)=O. The van der Waals surface area contributed by atoms with Crippen molar-refractivity contribution in [2.75, 3.05) is 7.11 Å². The van der Waals surface area contributed by atoms with Crippen molar-refractivity contribution in [1.82, 2.24) is 10.3 Å². The van der Waals surface area contributed by atoms with Crippen LogP contribution in [0.25, 0.3) is 5.57 Å². The molecule has 2 aromatic carbocycles. The number of benzene rings is 2. The number of pyridine rings is 1. The Morgan fingerprint density at radius 3 is 1.97 bits per heavy atom. The molecule has 0 bridgehead atoms. The number of allylic oxidation sites excluding steroid dienone is 1. The summed E-state index contributed by atoms with van der Waals surface area (Å²) < 4.78 is 43.6. The van der Waals surface area contributed by atoms with E-state index in [9.17, 15) is 23.2 Å². The first-order valence-electron chi connectivity index (χ1n) is 11.9. The number of aromatic nitrogens is 1. The van der Waals surface area contributed by atoms with Crippen LogP contribution in [0.2, 0.25) is 0 Å². The largest absolute Gasteiger partial charge is 0.493 e. The van der Waals surface area contributed by atoms with Gasteiger partial charge < -0.3 is 19.5 Å². The lowest BCUT2D eigenvalue weighted by atomic mass is 9.90. The normalized spacial score (nSPS) is 11.3. The van der Waals surface area contributed by atoms with Crippen LogP contribution in [0.15, 0.2) is 54.4 Å². The molecule has 0 unspecified atom stereocenters. The highest BCUT2D eigenvalue weighted by Gasteiger charge is 2.26. The monoisotopic (exact) mass is 538 g/mol. The number of hydrogen-bond acceptors (Lipinski definition) is 7. The Bertz CT molecular complexity index is 1410. The summed E-state index contributed by atoms with van der Waals surface area (Å²) in [6, 6.07) is 8.60. The number of ether oxygens (including phenoxy) is 3. The van der Waals surface area contributed by atoms with Crippen LogP contribution in [0.3, 0.4) is 0 Å². The van der Waals surface area contributed by atoms with Crippen LogP contribution in [-0.2, 0) is 14.3 Å². The van der Waals surface area contributed by atoms with Gasteiger partial charge in [0.2, 0.25) is 5.75 Å². The fourth-order valence-corrected chi connectivity index (χ4v) is 3.95. The van der Waals surface area contributed by atoms with Crippen LogP contribution in [0, 0.1) is 25.5 Å². The number of methoxy groups -OCH3 is 1. The first kappa shape index (κ1) is 29.0. The van der Waals surface area contributed by atoms with Gasteiger partial charge in [-0.05, 0) is 74.2 Å². The van der Waals surface area contributed by atoms with Crippen molar-refractivity contribution in [3.8, 4) is 11.5 Å². The molecule has 0 aliphatic rings. The van der Waals surface area contributed by atoms with E-state index in [1.54, 1.807) is 32.9 Å². The molecule has 3 aromatic rings. The van der Waals surface area contributed by atoms with Gasteiger partial charge in [0.1, 0.15) is 23.4 Å². The molecule has 3 rings (SSSR count). The quantitative estimate of drug-likeness (QED) is 0.316. The average molecular weight is 539 g/mol. The molecule has 1 heterocycles. The van der Waals surface area contributed by atoms with E-state index in [1.807, 2.05) is 0 Å². The molecule has 0 aliphatic carbocycles. The molecule has 0 aliphatic heterocycles. The predicted molar refractivity (Wildman–Crippen MR) is 139 cm³/mol. The number of esters is 2. The van der Waals surface area contributed by atoms with E-state index in [2.05, 4.69) is 10.3 Å². The average Bonchev–Trinajstić information content (AvgIpc) is 2.86. The Balaban J connectivity index is 1.94. The number of rotatable bonds is 8. The molecule has 0 spiro atoms. The van der Waals surface area contributed by atoms with Crippen molar-refractivity contribution < 1.29 is 37.4 Å². The number of nitrogens with zero attached hydrogens (tertiary/aromatic N) is 1. The molecule has 8 nitrogen and oxygen atoms in total. The molecule has 39 heavy (non-hydrogen) atoms. The molecular weight excluding hydrogens is 510 g/mol. The van der Waals surface area contributed by atoms with Crippen molar-refractivity contribution in [2.45, 2.75) is 40.7 Å². The van der Waals surface area contributed by atoms with Crippen LogP contribution in [0.4, 0.5) is 8.78 Å². The van der Waals surface area contributed by atoms with Crippen LogP contribution in [0.5, 0.6) is 11.5 Å². The minimum Gasteiger partial charge on any atom is -0.493 e.